The fraction of sp³-hybridized carbons (Fsp3) is 0.800. The summed E-state index contributed by atoms with van der Waals surface area (Å²) in [6.45, 7) is 4.11. The van der Waals surface area contributed by atoms with E-state index in [1.165, 1.54) is 18.5 Å². The minimum Gasteiger partial charge on any atom is -0.393 e. The highest BCUT2D eigenvalue weighted by molar-refractivity contribution is 5.06. The van der Waals surface area contributed by atoms with Crippen LogP contribution < -0.4 is 0 Å². The first-order valence-corrected chi connectivity index (χ1v) is 4.73. The van der Waals surface area contributed by atoms with Gasteiger partial charge in [-0.3, -0.25) is 0 Å². The van der Waals surface area contributed by atoms with Crippen LogP contribution in [0.2, 0.25) is 0 Å². The fourth-order valence-electron chi connectivity index (χ4n) is 1.43. The van der Waals surface area contributed by atoms with Crippen molar-refractivity contribution in [2.45, 2.75) is 32.3 Å². The summed E-state index contributed by atoms with van der Waals surface area (Å²) < 4.78 is 0. The van der Waals surface area contributed by atoms with E-state index in [1.54, 1.807) is 0 Å². The van der Waals surface area contributed by atoms with Gasteiger partial charge in [0.15, 0.2) is 0 Å². The van der Waals surface area contributed by atoms with Crippen LogP contribution in [0.1, 0.15) is 26.2 Å². The van der Waals surface area contributed by atoms with Crippen molar-refractivity contribution in [3.63, 3.8) is 0 Å². The lowest BCUT2D eigenvalue weighted by Crippen LogP contribution is -2.24. The molecule has 70 valence electrons. The molecule has 0 saturated carbocycles. The highest BCUT2D eigenvalue weighted by Gasteiger charge is 2.07. The van der Waals surface area contributed by atoms with Crippen molar-refractivity contribution in [1.29, 1.82) is 0 Å². The molecule has 1 atom stereocenters. The zero-order valence-electron chi connectivity index (χ0n) is 8.08. The van der Waals surface area contributed by atoms with Crippen molar-refractivity contribution in [2.75, 3.05) is 20.1 Å². The molecule has 0 saturated heterocycles. The Morgan fingerprint density at radius 3 is 2.92 bits per heavy atom. The lowest BCUT2D eigenvalue weighted by molar-refractivity contribution is 0.184. The molecule has 2 nitrogen and oxygen atoms in total. The predicted octanol–water partition coefficient (Wildman–Crippen LogP) is 1.41. The topological polar surface area (TPSA) is 23.5 Å². The highest BCUT2D eigenvalue weighted by atomic mass is 16.3. The number of hydrogen-bond donors (Lipinski definition) is 1. The summed E-state index contributed by atoms with van der Waals surface area (Å²) in [7, 11) is 2.14. The highest BCUT2D eigenvalue weighted by Crippen LogP contribution is 2.15. The van der Waals surface area contributed by atoms with Gasteiger partial charge in [0.2, 0.25) is 0 Å². The Kier molecular flexibility index (Phi) is 3.76. The van der Waals surface area contributed by atoms with E-state index in [0.29, 0.717) is 0 Å². The second-order valence-corrected chi connectivity index (χ2v) is 3.76. The van der Waals surface area contributed by atoms with Gasteiger partial charge in [-0.25, -0.2) is 0 Å². The van der Waals surface area contributed by atoms with Gasteiger partial charge < -0.3 is 10.0 Å². The summed E-state index contributed by atoms with van der Waals surface area (Å²) in [6, 6.07) is 0. The first-order chi connectivity index (χ1) is 5.68. The molecule has 1 aliphatic rings. The molecule has 1 unspecified atom stereocenters. The normalized spacial score (nSPS) is 22.1. The summed E-state index contributed by atoms with van der Waals surface area (Å²) in [5.74, 6) is 0. The Labute approximate surface area is 74.9 Å². The zero-order valence-corrected chi connectivity index (χ0v) is 8.08. The van der Waals surface area contributed by atoms with Gasteiger partial charge in [0.1, 0.15) is 0 Å². The Bertz CT molecular complexity index is 163. The first kappa shape index (κ1) is 9.75. The third-order valence-corrected chi connectivity index (χ3v) is 2.39. The van der Waals surface area contributed by atoms with Gasteiger partial charge in [-0.05, 0) is 33.2 Å². The van der Waals surface area contributed by atoms with Crippen LogP contribution in [0, 0.1) is 0 Å². The summed E-state index contributed by atoms with van der Waals surface area (Å²) in [6.07, 6.45) is 5.32. The molecular formula is C10H19NO. The van der Waals surface area contributed by atoms with E-state index < -0.39 is 0 Å². The number of hydrogen-bond acceptors (Lipinski definition) is 2. The number of aliphatic hydroxyl groups excluding tert-OH is 1. The number of likely N-dealkylation sites (N-methyl/N-ethyl adjacent to an activating group) is 1. The quantitative estimate of drug-likeness (QED) is 0.646. The lowest BCUT2D eigenvalue weighted by atomic mass is 10.0. The van der Waals surface area contributed by atoms with Crippen LogP contribution in [0.4, 0.5) is 0 Å². The van der Waals surface area contributed by atoms with Crippen LogP contribution in [0.5, 0.6) is 0 Å². The Hall–Kier alpha value is -0.340. The van der Waals surface area contributed by atoms with Gasteiger partial charge in [-0.15, -0.1) is 0 Å². The lowest BCUT2D eigenvalue weighted by Gasteiger charge is -2.22. The molecule has 1 N–H and O–H groups in total. The van der Waals surface area contributed by atoms with Crippen molar-refractivity contribution in [1.82, 2.24) is 4.90 Å². The summed E-state index contributed by atoms with van der Waals surface area (Å²) in [5, 5.41) is 9.10. The molecule has 0 aromatic heterocycles. The van der Waals surface area contributed by atoms with E-state index in [2.05, 4.69) is 18.0 Å². The van der Waals surface area contributed by atoms with Gasteiger partial charge in [0, 0.05) is 13.1 Å². The van der Waals surface area contributed by atoms with Crippen LogP contribution in [-0.2, 0) is 0 Å². The van der Waals surface area contributed by atoms with Gasteiger partial charge in [-0.2, -0.15) is 0 Å². The van der Waals surface area contributed by atoms with Crippen LogP contribution in [0.25, 0.3) is 0 Å². The maximum absolute atomic E-state index is 9.10. The summed E-state index contributed by atoms with van der Waals surface area (Å²) >= 11 is 0. The SMILES string of the molecule is CC(O)CCC1=CCN(C)CC1. The van der Waals surface area contributed by atoms with Gasteiger partial charge >= 0.3 is 0 Å². The van der Waals surface area contributed by atoms with E-state index in [4.69, 9.17) is 5.11 Å². The molecule has 0 aromatic rings. The van der Waals surface area contributed by atoms with Crippen molar-refractivity contribution in [3.8, 4) is 0 Å². The van der Waals surface area contributed by atoms with Crippen molar-refractivity contribution >= 4 is 0 Å². The Morgan fingerprint density at radius 1 is 1.67 bits per heavy atom. The van der Waals surface area contributed by atoms with Crippen LogP contribution in [0.15, 0.2) is 11.6 Å². The largest absolute Gasteiger partial charge is 0.393 e. The van der Waals surface area contributed by atoms with Crippen molar-refractivity contribution < 1.29 is 5.11 Å². The van der Waals surface area contributed by atoms with Crippen molar-refractivity contribution in [2.24, 2.45) is 0 Å². The maximum Gasteiger partial charge on any atom is 0.0515 e. The van der Waals surface area contributed by atoms with E-state index in [0.717, 1.165) is 19.4 Å². The van der Waals surface area contributed by atoms with Crippen molar-refractivity contribution in [3.05, 3.63) is 11.6 Å². The zero-order chi connectivity index (χ0) is 8.97. The Morgan fingerprint density at radius 2 is 2.42 bits per heavy atom. The van der Waals surface area contributed by atoms with Crippen LogP contribution in [0.3, 0.4) is 0 Å². The van der Waals surface area contributed by atoms with Crippen LogP contribution in [-0.4, -0.2) is 36.2 Å². The van der Waals surface area contributed by atoms with E-state index in [1.807, 2.05) is 6.92 Å². The average Bonchev–Trinajstić information content (AvgIpc) is 2.03. The predicted molar refractivity (Wildman–Crippen MR) is 51.1 cm³/mol. The van der Waals surface area contributed by atoms with Gasteiger partial charge in [0.05, 0.1) is 6.10 Å². The molecule has 12 heavy (non-hydrogen) atoms. The minimum absolute atomic E-state index is 0.148. The first-order valence-electron chi connectivity index (χ1n) is 4.73. The number of nitrogens with zero attached hydrogens (tertiary/aromatic N) is 1. The van der Waals surface area contributed by atoms with Gasteiger partial charge in [0.25, 0.3) is 0 Å². The van der Waals surface area contributed by atoms with E-state index in [-0.39, 0.29) is 6.10 Å². The molecule has 0 fully saturated rings. The molecule has 0 spiro atoms. The molecule has 0 aromatic carbocycles. The molecule has 0 radical (unpaired) electrons. The second kappa shape index (κ2) is 4.63. The second-order valence-electron chi connectivity index (χ2n) is 3.76. The molecule has 2 heteroatoms. The molecule has 0 amide bonds. The molecular weight excluding hydrogens is 150 g/mol. The summed E-state index contributed by atoms with van der Waals surface area (Å²) in [5.41, 5.74) is 1.52. The fourth-order valence-corrected chi connectivity index (χ4v) is 1.43. The number of rotatable bonds is 3. The standard InChI is InChI=1S/C10H19NO/c1-9(12)3-4-10-5-7-11(2)8-6-10/h5,9,12H,3-4,6-8H2,1-2H3. The third kappa shape index (κ3) is 3.37. The summed E-state index contributed by atoms with van der Waals surface area (Å²) in [4.78, 5) is 2.31. The van der Waals surface area contributed by atoms with E-state index >= 15 is 0 Å². The average molecular weight is 169 g/mol. The maximum atomic E-state index is 9.10. The molecule has 1 rings (SSSR count). The number of aliphatic hydroxyl groups is 1. The molecule has 1 aliphatic heterocycles. The monoisotopic (exact) mass is 169 g/mol. The molecule has 0 aliphatic carbocycles. The third-order valence-electron chi connectivity index (χ3n) is 2.39. The minimum atomic E-state index is -0.148. The van der Waals surface area contributed by atoms with Crippen LogP contribution >= 0.6 is 0 Å². The smallest absolute Gasteiger partial charge is 0.0515 e. The van der Waals surface area contributed by atoms with E-state index in [9.17, 15) is 0 Å². The molecule has 0 bridgehead atoms. The Balaban J connectivity index is 2.24. The molecule has 1 heterocycles. The van der Waals surface area contributed by atoms with Gasteiger partial charge in [-0.1, -0.05) is 11.6 Å².